The van der Waals surface area contributed by atoms with Gasteiger partial charge in [0.05, 0.1) is 31.3 Å². The second-order valence-corrected chi connectivity index (χ2v) is 12.5. The van der Waals surface area contributed by atoms with Gasteiger partial charge in [-0.05, 0) is 47.0 Å². The summed E-state index contributed by atoms with van der Waals surface area (Å²) in [6.07, 6.45) is -0.639. The molecule has 8 rings (SSSR count). The van der Waals surface area contributed by atoms with Gasteiger partial charge in [0.2, 0.25) is 0 Å². The lowest BCUT2D eigenvalue weighted by Crippen LogP contribution is -2.46. The van der Waals surface area contributed by atoms with Crippen LogP contribution >= 0.6 is 0 Å². The predicted molar refractivity (Wildman–Crippen MR) is 186 cm³/mol. The van der Waals surface area contributed by atoms with E-state index in [4.69, 9.17) is 28.1 Å². The van der Waals surface area contributed by atoms with E-state index >= 15 is 0 Å². The molecular formula is C42H36O7. The monoisotopic (exact) mass is 652 g/mol. The molecule has 1 fully saturated rings. The summed E-state index contributed by atoms with van der Waals surface area (Å²) in [7, 11) is 0. The molecule has 0 radical (unpaired) electrons. The van der Waals surface area contributed by atoms with E-state index in [0.717, 1.165) is 33.6 Å². The first-order valence-electron chi connectivity index (χ1n) is 16.6. The van der Waals surface area contributed by atoms with Gasteiger partial charge in [-0.25, -0.2) is 0 Å². The van der Waals surface area contributed by atoms with Crippen LogP contribution in [0.25, 0.3) is 22.3 Å². The Morgan fingerprint density at radius 2 is 1.35 bits per heavy atom. The van der Waals surface area contributed by atoms with Crippen LogP contribution in [0.15, 0.2) is 143 Å². The molecule has 1 saturated heterocycles. The minimum absolute atomic E-state index is 0.137. The van der Waals surface area contributed by atoms with E-state index in [1.807, 2.05) is 115 Å². The van der Waals surface area contributed by atoms with Crippen molar-refractivity contribution in [3.05, 3.63) is 166 Å². The molecule has 7 heteroatoms. The second-order valence-electron chi connectivity index (χ2n) is 12.5. The molecule has 0 bridgehead atoms. The number of benzene rings is 5. The number of hydrogen-bond acceptors (Lipinski definition) is 7. The zero-order valence-electron chi connectivity index (χ0n) is 26.9. The highest BCUT2D eigenvalue weighted by Gasteiger charge is 2.47. The zero-order chi connectivity index (χ0) is 33.0. The molecule has 0 amide bonds. The Morgan fingerprint density at radius 1 is 0.694 bits per heavy atom. The second kappa shape index (κ2) is 14.1. The van der Waals surface area contributed by atoms with Crippen molar-refractivity contribution in [1.82, 2.24) is 0 Å². The highest BCUT2D eigenvalue weighted by atomic mass is 16.6. The molecule has 4 atom stereocenters. The number of ether oxygens (including phenoxy) is 5. The summed E-state index contributed by atoms with van der Waals surface area (Å²) >= 11 is 0. The SMILES string of the molecule is O=c1cc(-c2ccc(OCc3ccccc3)cc2)oc2cc3c(cc12)C1O[C@H](COCc2ccccc2)C[C@H](OCc2ccccc2)[C@@H]1O3. The van der Waals surface area contributed by atoms with Gasteiger partial charge in [0.1, 0.15) is 41.7 Å². The molecule has 1 aromatic heterocycles. The smallest absolute Gasteiger partial charge is 0.193 e. The maximum absolute atomic E-state index is 13.5. The molecule has 0 aliphatic carbocycles. The first kappa shape index (κ1) is 31.1. The van der Waals surface area contributed by atoms with Crippen molar-refractivity contribution < 1.29 is 28.1 Å². The van der Waals surface area contributed by atoms with Crippen molar-refractivity contribution >= 4 is 11.0 Å². The number of hydrogen-bond donors (Lipinski definition) is 0. The average molecular weight is 653 g/mol. The van der Waals surface area contributed by atoms with Crippen molar-refractivity contribution in [3.8, 4) is 22.8 Å². The average Bonchev–Trinajstić information content (AvgIpc) is 3.51. The van der Waals surface area contributed by atoms with Gasteiger partial charge < -0.3 is 28.1 Å². The largest absolute Gasteiger partial charge is 0.489 e. The van der Waals surface area contributed by atoms with E-state index in [2.05, 4.69) is 12.1 Å². The van der Waals surface area contributed by atoms with Crippen LogP contribution in [0.5, 0.6) is 11.5 Å². The Kier molecular flexibility index (Phi) is 8.95. The van der Waals surface area contributed by atoms with Crippen molar-refractivity contribution in [3.63, 3.8) is 0 Å². The Hall–Kier alpha value is -5.21. The molecule has 3 heterocycles. The number of rotatable bonds is 11. The molecule has 0 N–H and O–H groups in total. The van der Waals surface area contributed by atoms with Gasteiger partial charge in [0.15, 0.2) is 11.5 Å². The predicted octanol–water partition coefficient (Wildman–Crippen LogP) is 8.43. The fourth-order valence-electron chi connectivity index (χ4n) is 6.52. The summed E-state index contributed by atoms with van der Waals surface area (Å²) in [5.74, 6) is 1.84. The molecule has 5 aromatic carbocycles. The molecule has 49 heavy (non-hydrogen) atoms. The van der Waals surface area contributed by atoms with Crippen LogP contribution in [0.4, 0.5) is 0 Å². The van der Waals surface area contributed by atoms with Gasteiger partial charge in [0, 0.05) is 29.7 Å². The summed E-state index contributed by atoms with van der Waals surface area (Å²) < 4.78 is 38.0. The van der Waals surface area contributed by atoms with Gasteiger partial charge in [0.25, 0.3) is 0 Å². The summed E-state index contributed by atoms with van der Waals surface area (Å²) in [5, 5.41) is 0.474. The third-order valence-corrected chi connectivity index (χ3v) is 9.04. The molecule has 0 spiro atoms. The molecule has 246 valence electrons. The lowest BCUT2D eigenvalue weighted by Gasteiger charge is -2.37. The Morgan fingerprint density at radius 3 is 2.04 bits per heavy atom. The minimum atomic E-state index is -0.415. The van der Waals surface area contributed by atoms with Crippen LogP contribution in [0.1, 0.15) is 34.8 Å². The van der Waals surface area contributed by atoms with Crippen molar-refractivity contribution in [2.75, 3.05) is 6.61 Å². The highest BCUT2D eigenvalue weighted by molar-refractivity contribution is 5.82. The molecular weight excluding hydrogens is 616 g/mol. The third kappa shape index (κ3) is 7.01. The molecule has 1 unspecified atom stereocenters. The van der Waals surface area contributed by atoms with Gasteiger partial charge in [-0.3, -0.25) is 4.79 Å². The van der Waals surface area contributed by atoms with E-state index in [9.17, 15) is 4.79 Å². The fraction of sp³-hybridized carbons (Fsp3) is 0.214. The van der Waals surface area contributed by atoms with Crippen LogP contribution in [-0.2, 0) is 34.0 Å². The van der Waals surface area contributed by atoms with Crippen LogP contribution < -0.4 is 14.9 Å². The maximum atomic E-state index is 13.5. The van der Waals surface area contributed by atoms with Crippen molar-refractivity contribution in [2.45, 2.75) is 50.7 Å². The molecule has 6 aromatic rings. The lowest BCUT2D eigenvalue weighted by atomic mass is 9.94. The van der Waals surface area contributed by atoms with Gasteiger partial charge in [-0.1, -0.05) is 91.0 Å². The first-order valence-corrected chi connectivity index (χ1v) is 16.6. The maximum Gasteiger partial charge on any atom is 0.193 e. The van der Waals surface area contributed by atoms with E-state index in [1.54, 1.807) is 0 Å². The normalized spacial score (nSPS) is 19.6. The van der Waals surface area contributed by atoms with E-state index in [1.165, 1.54) is 6.07 Å². The third-order valence-electron chi connectivity index (χ3n) is 9.04. The zero-order valence-corrected chi connectivity index (χ0v) is 26.9. The standard InChI is InChI=1S/C42H36O7/c43-36-22-37(31-16-18-32(19-17-31)45-25-29-12-6-2-7-13-29)48-38-23-39-35(21-34(36)38)41-42(49-39)40(46-26-30-14-8-3-9-15-30)20-33(47-41)27-44-24-28-10-4-1-5-11-28/h1-19,21-23,33,40-42H,20,24-27H2/t33-,40-,41?,42-/m0/s1. The van der Waals surface area contributed by atoms with Crippen molar-refractivity contribution in [1.29, 1.82) is 0 Å². The highest BCUT2D eigenvalue weighted by Crippen LogP contribution is 2.47. The Bertz CT molecular complexity index is 2060. The van der Waals surface area contributed by atoms with Crippen LogP contribution in [0.3, 0.4) is 0 Å². The van der Waals surface area contributed by atoms with Crippen molar-refractivity contribution in [2.24, 2.45) is 0 Å². The minimum Gasteiger partial charge on any atom is -0.489 e. The summed E-state index contributed by atoms with van der Waals surface area (Å²) in [4.78, 5) is 13.5. The number of fused-ring (bicyclic) bond motifs is 4. The van der Waals surface area contributed by atoms with E-state index < -0.39 is 6.10 Å². The van der Waals surface area contributed by atoms with E-state index in [-0.39, 0.29) is 23.7 Å². The first-order chi connectivity index (χ1) is 24.2. The summed E-state index contributed by atoms with van der Waals surface area (Å²) in [6.45, 7) is 1.83. The Balaban J connectivity index is 1.02. The van der Waals surface area contributed by atoms with Crippen LogP contribution in [0, 0.1) is 0 Å². The summed E-state index contributed by atoms with van der Waals surface area (Å²) in [5.41, 5.74) is 5.19. The Labute approximate surface area is 284 Å². The topological polar surface area (TPSA) is 76.4 Å². The summed E-state index contributed by atoms with van der Waals surface area (Å²) in [6, 6.07) is 43.0. The molecule has 0 saturated carbocycles. The van der Waals surface area contributed by atoms with Gasteiger partial charge >= 0.3 is 0 Å². The van der Waals surface area contributed by atoms with Gasteiger partial charge in [-0.15, -0.1) is 0 Å². The van der Waals surface area contributed by atoms with Crippen LogP contribution in [-0.4, -0.2) is 24.9 Å². The molecule has 7 nitrogen and oxygen atoms in total. The lowest BCUT2D eigenvalue weighted by molar-refractivity contribution is -0.182. The van der Waals surface area contributed by atoms with Crippen LogP contribution in [0.2, 0.25) is 0 Å². The van der Waals surface area contributed by atoms with Gasteiger partial charge in [-0.2, -0.15) is 0 Å². The van der Waals surface area contributed by atoms with E-state index in [0.29, 0.717) is 55.3 Å². The quantitative estimate of drug-likeness (QED) is 0.139. The molecule has 2 aliphatic rings. The molecule has 2 aliphatic heterocycles. The fourth-order valence-corrected chi connectivity index (χ4v) is 6.52.